The summed E-state index contributed by atoms with van der Waals surface area (Å²) in [7, 11) is 0. The van der Waals surface area contributed by atoms with E-state index in [0.717, 1.165) is 12.8 Å². The Labute approximate surface area is 141 Å². The fraction of sp³-hybridized carbons (Fsp3) is 0.250. The number of rotatable bonds is 1. The zero-order valence-electron chi connectivity index (χ0n) is 11.4. The maximum absolute atomic E-state index is 6.19. The molecule has 0 fully saturated rings. The van der Waals surface area contributed by atoms with E-state index >= 15 is 0 Å². The van der Waals surface area contributed by atoms with Crippen LogP contribution in [0.4, 0.5) is 0 Å². The van der Waals surface area contributed by atoms with Crippen molar-refractivity contribution in [3.63, 3.8) is 0 Å². The van der Waals surface area contributed by atoms with E-state index in [9.17, 15) is 0 Å². The van der Waals surface area contributed by atoms with Gasteiger partial charge in [0.15, 0.2) is 0 Å². The normalized spacial score (nSPS) is 20.0. The van der Waals surface area contributed by atoms with Gasteiger partial charge in [0.05, 0.1) is 10.0 Å². The highest BCUT2D eigenvalue weighted by Gasteiger charge is 2.26. The van der Waals surface area contributed by atoms with Crippen LogP contribution >= 0.6 is 35.6 Å². The number of hydrogen-bond donors (Lipinski definition) is 1. The summed E-state index contributed by atoms with van der Waals surface area (Å²) in [5.74, 6) is 0.366. The third kappa shape index (κ3) is 3.53. The number of benzene rings is 2. The van der Waals surface area contributed by atoms with Crippen LogP contribution in [0.1, 0.15) is 41.5 Å². The lowest BCUT2D eigenvalue weighted by atomic mass is 9.77. The zero-order valence-corrected chi connectivity index (χ0v) is 13.7. The minimum absolute atomic E-state index is 0. The van der Waals surface area contributed by atoms with Crippen molar-refractivity contribution >= 4 is 35.6 Å². The van der Waals surface area contributed by atoms with Crippen LogP contribution < -0.4 is 5.73 Å². The monoisotopic (exact) mass is 345 g/mol. The molecule has 2 nitrogen and oxygen atoms in total. The molecular weight excluding hydrogens is 329 g/mol. The molecule has 0 radical (unpaired) electrons. The third-order valence-electron chi connectivity index (χ3n) is 3.88. The van der Waals surface area contributed by atoms with E-state index in [-0.39, 0.29) is 23.9 Å². The van der Waals surface area contributed by atoms with Gasteiger partial charge < -0.3 is 11.2 Å². The van der Waals surface area contributed by atoms with E-state index < -0.39 is 0 Å². The maximum atomic E-state index is 6.19. The van der Waals surface area contributed by atoms with E-state index in [1.807, 2.05) is 12.1 Å². The molecule has 3 rings (SSSR count). The molecule has 2 atom stereocenters. The van der Waals surface area contributed by atoms with Crippen molar-refractivity contribution in [3.8, 4) is 0 Å². The summed E-state index contributed by atoms with van der Waals surface area (Å²) in [6, 6.07) is 14.5. The molecule has 21 heavy (non-hydrogen) atoms. The summed E-state index contributed by atoms with van der Waals surface area (Å²) in [6.45, 7) is 0. The summed E-state index contributed by atoms with van der Waals surface area (Å²) in [4.78, 5) is 0. The number of hydrogen-bond acceptors (Lipinski definition) is 1. The topological polar surface area (TPSA) is 57.5 Å². The van der Waals surface area contributed by atoms with Crippen LogP contribution in [-0.2, 0) is 0 Å². The molecule has 0 unspecified atom stereocenters. The summed E-state index contributed by atoms with van der Waals surface area (Å²) in [5.41, 5.74) is 9.98. The van der Waals surface area contributed by atoms with E-state index in [1.165, 1.54) is 16.7 Å². The van der Waals surface area contributed by atoms with Crippen LogP contribution in [0, 0.1) is 0 Å². The van der Waals surface area contributed by atoms with Crippen LogP contribution in [0.15, 0.2) is 42.5 Å². The summed E-state index contributed by atoms with van der Waals surface area (Å²) in [5, 5.41) is 1.22. The molecule has 0 aromatic heterocycles. The van der Waals surface area contributed by atoms with Gasteiger partial charge in [-0.1, -0.05) is 53.5 Å². The molecule has 0 aliphatic heterocycles. The smallest absolute Gasteiger partial charge is 0.0595 e. The van der Waals surface area contributed by atoms with Crippen LogP contribution in [0.5, 0.6) is 0 Å². The molecule has 4 N–H and O–H groups in total. The van der Waals surface area contributed by atoms with Crippen molar-refractivity contribution in [2.45, 2.75) is 24.8 Å². The van der Waals surface area contributed by atoms with Crippen molar-refractivity contribution in [2.24, 2.45) is 5.73 Å². The first-order valence-electron chi connectivity index (χ1n) is 6.46. The molecule has 0 bridgehead atoms. The minimum Gasteiger partial charge on any atom is -0.412 e. The van der Waals surface area contributed by atoms with Gasteiger partial charge >= 0.3 is 0 Å². The third-order valence-corrected chi connectivity index (χ3v) is 4.62. The lowest BCUT2D eigenvalue weighted by molar-refractivity contribution is 0.530. The Balaban J connectivity index is 0.00000110. The number of fused-ring (bicyclic) bond motifs is 1. The lowest BCUT2D eigenvalue weighted by Gasteiger charge is -2.30. The SMILES string of the molecule is Cl.N[C@@H]1CC[C@@H](c2ccc(Cl)c(Cl)c2)c2ccccc21.O. The first-order chi connectivity index (χ1) is 9.16. The first kappa shape index (κ1) is 18.3. The average molecular weight is 347 g/mol. The Morgan fingerprint density at radius 3 is 2.24 bits per heavy atom. The molecule has 0 heterocycles. The van der Waals surface area contributed by atoms with Crippen LogP contribution in [0.3, 0.4) is 0 Å². The van der Waals surface area contributed by atoms with Gasteiger partial charge in [-0.25, -0.2) is 0 Å². The highest BCUT2D eigenvalue weighted by atomic mass is 35.5. The van der Waals surface area contributed by atoms with E-state index in [4.69, 9.17) is 28.9 Å². The molecule has 2 aromatic rings. The molecule has 2 aromatic carbocycles. The highest BCUT2D eigenvalue weighted by molar-refractivity contribution is 6.42. The van der Waals surface area contributed by atoms with Gasteiger partial charge in [0.25, 0.3) is 0 Å². The summed E-state index contributed by atoms with van der Waals surface area (Å²) < 4.78 is 0. The van der Waals surface area contributed by atoms with E-state index in [2.05, 4.69) is 30.3 Å². The van der Waals surface area contributed by atoms with Gasteiger partial charge in [0.2, 0.25) is 0 Å². The standard InChI is InChI=1S/C16H15Cl2N.ClH.H2O/c17-14-7-5-10(9-15(14)18)11-6-8-16(19)13-4-2-1-3-12(11)13;;/h1-5,7,9,11,16H,6,8,19H2;1H;1H2/t11-,16+;;/m0../s1. The fourth-order valence-electron chi connectivity index (χ4n) is 2.90. The van der Waals surface area contributed by atoms with Gasteiger partial charge in [0.1, 0.15) is 0 Å². The predicted molar refractivity (Wildman–Crippen MR) is 91.8 cm³/mol. The molecule has 5 heteroatoms. The fourth-order valence-corrected chi connectivity index (χ4v) is 3.21. The van der Waals surface area contributed by atoms with Crippen LogP contribution in [0.25, 0.3) is 0 Å². The Bertz CT molecular complexity index is 618. The van der Waals surface area contributed by atoms with Gasteiger partial charge in [-0.3, -0.25) is 0 Å². The largest absolute Gasteiger partial charge is 0.412 e. The first-order valence-corrected chi connectivity index (χ1v) is 7.22. The molecule has 114 valence electrons. The molecular formula is C16H18Cl3NO. The van der Waals surface area contributed by atoms with E-state index in [1.54, 1.807) is 0 Å². The minimum atomic E-state index is 0. The molecule has 1 aliphatic rings. The van der Waals surface area contributed by atoms with Crippen LogP contribution in [0.2, 0.25) is 10.0 Å². The molecule has 0 spiro atoms. The van der Waals surface area contributed by atoms with Crippen molar-refractivity contribution < 1.29 is 5.48 Å². The Morgan fingerprint density at radius 2 is 1.57 bits per heavy atom. The molecule has 0 saturated carbocycles. The van der Waals surface area contributed by atoms with Gasteiger partial charge in [-0.05, 0) is 41.7 Å². The second-order valence-corrected chi connectivity index (χ2v) is 5.85. The molecule has 0 saturated heterocycles. The van der Waals surface area contributed by atoms with Gasteiger partial charge in [-0.15, -0.1) is 12.4 Å². The van der Waals surface area contributed by atoms with Crippen LogP contribution in [-0.4, -0.2) is 5.48 Å². The van der Waals surface area contributed by atoms with Crippen molar-refractivity contribution in [2.75, 3.05) is 0 Å². The average Bonchev–Trinajstić information content (AvgIpc) is 2.43. The van der Waals surface area contributed by atoms with Crippen molar-refractivity contribution in [1.29, 1.82) is 0 Å². The second kappa shape index (κ2) is 7.48. The maximum Gasteiger partial charge on any atom is 0.0595 e. The van der Waals surface area contributed by atoms with Crippen molar-refractivity contribution in [1.82, 2.24) is 0 Å². The van der Waals surface area contributed by atoms with Crippen molar-refractivity contribution in [3.05, 3.63) is 69.2 Å². The molecule has 0 amide bonds. The second-order valence-electron chi connectivity index (χ2n) is 5.04. The van der Waals surface area contributed by atoms with E-state index in [0.29, 0.717) is 16.0 Å². The summed E-state index contributed by atoms with van der Waals surface area (Å²) >= 11 is 12.1. The van der Waals surface area contributed by atoms with Gasteiger partial charge in [-0.2, -0.15) is 0 Å². The Kier molecular flexibility index (Phi) is 6.51. The Morgan fingerprint density at radius 1 is 0.905 bits per heavy atom. The zero-order chi connectivity index (χ0) is 13.4. The molecule has 1 aliphatic carbocycles. The lowest BCUT2D eigenvalue weighted by Crippen LogP contribution is -2.20. The number of nitrogens with two attached hydrogens (primary N) is 1. The summed E-state index contributed by atoms with van der Waals surface area (Å²) in [6.07, 6.45) is 2.05. The number of halogens is 3. The quantitative estimate of drug-likeness (QED) is 0.811. The highest BCUT2D eigenvalue weighted by Crippen LogP contribution is 2.41. The van der Waals surface area contributed by atoms with Gasteiger partial charge in [0, 0.05) is 12.0 Å². The Hall–Kier alpha value is -0.770. The predicted octanol–water partition coefficient (Wildman–Crippen LogP) is 4.52.